The standard InChI is InChI=1S/C28H18O12S/c29-25(30)15-7-5-11-19(23(15)27(33)34)39-17-9-1-3-13-21(17)41(37,38)22-14-4-2-10-18(22)40-20-12-6-8-16(26(31)32)24(20)28(35)36/h1-14H,(H,29,30)(H,31,32)(H,33,34)(H,35,36). The maximum Gasteiger partial charge on any atom is 0.340 e. The van der Waals surface area contributed by atoms with Crippen LogP contribution in [-0.4, -0.2) is 52.7 Å². The van der Waals surface area contributed by atoms with Crippen molar-refractivity contribution in [3.8, 4) is 23.0 Å². The molecule has 4 aromatic carbocycles. The largest absolute Gasteiger partial charge is 0.478 e. The van der Waals surface area contributed by atoms with Crippen molar-refractivity contribution in [2.75, 3.05) is 0 Å². The van der Waals surface area contributed by atoms with Crippen LogP contribution in [-0.2, 0) is 9.84 Å². The molecule has 0 amide bonds. The molecule has 12 nitrogen and oxygen atoms in total. The number of para-hydroxylation sites is 2. The first-order chi connectivity index (χ1) is 19.4. The van der Waals surface area contributed by atoms with E-state index in [1.54, 1.807) is 0 Å². The number of aromatic carboxylic acids is 4. The second-order valence-corrected chi connectivity index (χ2v) is 10.1. The quantitative estimate of drug-likeness (QED) is 0.199. The summed E-state index contributed by atoms with van der Waals surface area (Å²) in [6, 6.07) is 17.3. The van der Waals surface area contributed by atoms with Crippen LogP contribution >= 0.6 is 0 Å². The molecule has 41 heavy (non-hydrogen) atoms. The molecule has 13 heteroatoms. The molecule has 0 radical (unpaired) electrons. The van der Waals surface area contributed by atoms with Crippen LogP contribution in [0.2, 0.25) is 0 Å². The summed E-state index contributed by atoms with van der Waals surface area (Å²) in [5.74, 6) is -7.84. The van der Waals surface area contributed by atoms with Gasteiger partial charge in [0.2, 0.25) is 9.84 Å². The average Bonchev–Trinajstić information content (AvgIpc) is 2.93. The van der Waals surface area contributed by atoms with E-state index < -0.39 is 77.3 Å². The van der Waals surface area contributed by atoms with E-state index in [4.69, 9.17) is 9.47 Å². The molecule has 0 aliphatic heterocycles. The highest BCUT2D eigenvalue weighted by Gasteiger charge is 2.29. The number of sulfone groups is 1. The maximum absolute atomic E-state index is 13.9. The minimum atomic E-state index is -4.54. The molecule has 208 valence electrons. The number of hydrogen-bond donors (Lipinski definition) is 4. The van der Waals surface area contributed by atoms with E-state index in [2.05, 4.69) is 0 Å². The van der Waals surface area contributed by atoms with Gasteiger partial charge in [-0.15, -0.1) is 0 Å². The van der Waals surface area contributed by atoms with Crippen LogP contribution < -0.4 is 9.47 Å². The Hall–Kier alpha value is -5.69. The summed E-state index contributed by atoms with van der Waals surface area (Å²) in [5.41, 5.74) is -2.55. The Bertz CT molecular complexity index is 1700. The summed E-state index contributed by atoms with van der Waals surface area (Å²) in [6.45, 7) is 0. The molecule has 0 aliphatic carbocycles. The van der Waals surface area contributed by atoms with Gasteiger partial charge in [0.1, 0.15) is 43.9 Å². The lowest BCUT2D eigenvalue weighted by Crippen LogP contribution is -2.11. The van der Waals surface area contributed by atoms with Crippen LogP contribution in [0.25, 0.3) is 0 Å². The van der Waals surface area contributed by atoms with Crippen molar-refractivity contribution in [3.63, 3.8) is 0 Å². The lowest BCUT2D eigenvalue weighted by atomic mass is 10.1. The Kier molecular flexibility index (Phi) is 7.73. The Morgan fingerprint density at radius 1 is 0.463 bits per heavy atom. The summed E-state index contributed by atoms with van der Waals surface area (Å²) in [7, 11) is -4.54. The van der Waals surface area contributed by atoms with Gasteiger partial charge in [-0.25, -0.2) is 27.6 Å². The Morgan fingerprint density at radius 3 is 1.15 bits per heavy atom. The van der Waals surface area contributed by atoms with E-state index in [-0.39, 0.29) is 11.5 Å². The predicted molar refractivity (Wildman–Crippen MR) is 139 cm³/mol. The Balaban J connectivity index is 1.83. The third-order valence-corrected chi connectivity index (χ3v) is 7.49. The highest BCUT2D eigenvalue weighted by molar-refractivity contribution is 7.91. The number of benzene rings is 4. The van der Waals surface area contributed by atoms with Crippen molar-refractivity contribution in [3.05, 3.63) is 107 Å². The van der Waals surface area contributed by atoms with E-state index in [0.717, 1.165) is 24.3 Å². The van der Waals surface area contributed by atoms with Crippen molar-refractivity contribution in [2.45, 2.75) is 9.79 Å². The van der Waals surface area contributed by atoms with Crippen molar-refractivity contribution in [1.29, 1.82) is 0 Å². The number of rotatable bonds is 10. The molecule has 0 bridgehead atoms. The average molecular weight is 579 g/mol. The molecular formula is C28H18O12S. The van der Waals surface area contributed by atoms with E-state index >= 15 is 0 Å². The van der Waals surface area contributed by atoms with Crippen molar-refractivity contribution < 1.29 is 57.5 Å². The first kappa shape index (κ1) is 28.3. The summed E-state index contributed by atoms with van der Waals surface area (Å²) < 4.78 is 39.0. The van der Waals surface area contributed by atoms with Crippen molar-refractivity contribution in [1.82, 2.24) is 0 Å². The molecule has 0 fully saturated rings. The number of hydrogen-bond acceptors (Lipinski definition) is 8. The zero-order chi connectivity index (χ0) is 29.9. The highest BCUT2D eigenvalue weighted by atomic mass is 32.2. The van der Waals surface area contributed by atoms with Crippen LogP contribution in [0, 0.1) is 0 Å². The lowest BCUT2D eigenvalue weighted by molar-refractivity contribution is 0.0649. The van der Waals surface area contributed by atoms with Gasteiger partial charge in [0.25, 0.3) is 0 Å². The highest BCUT2D eigenvalue weighted by Crippen LogP contribution is 2.39. The molecule has 0 saturated carbocycles. The van der Waals surface area contributed by atoms with E-state index in [1.165, 1.54) is 60.7 Å². The minimum absolute atomic E-state index is 0.341. The lowest BCUT2D eigenvalue weighted by Gasteiger charge is -2.17. The number of carboxylic acids is 4. The second kappa shape index (κ2) is 11.2. The molecule has 0 heterocycles. The fourth-order valence-corrected chi connectivity index (χ4v) is 5.40. The molecule has 4 rings (SSSR count). The third-order valence-electron chi connectivity index (χ3n) is 5.66. The van der Waals surface area contributed by atoms with Gasteiger partial charge in [0, 0.05) is 0 Å². The van der Waals surface area contributed by atoms with Gasteiger partial charge in [-0.3, -0.25) is 0 Å². The molecule has 0 unspecified atom stereocenters. The zero-order valence-electron chi connectivity index (χ0n) is 20.5. The van der Waals surface area contributed by atoms with Gasteiger partial charge in [-0.1, -0.05) is 36.4 Å². The first-order valence-electron chi connectivity index (χ1n) is 11.4. The number of carboxylic acid groups (broad SMARTS) is 4. The van der Waals surface area contributed by atoms with Gasteiger partial charge in [-0.05, 0) is 48.5 Å². The molecule has 0 saturated heterocycles. The first-order valence-corrected chi connectivity index (χ1v) is 12.9. The molecule has 0 aliphatic rings. The zero-order valence-corrected chi connectivity index (χ0v) is 21.4. The van der Waals surface area contributed by atoms with Gasteiger partial charge in [0.15, 0.2) is 0 Å². The molecule has 0 aromatic heterocycles. The van der Waals surface area contributed by atoms with Crippen molar-refractivity contribution >= 4 is 33.7 Å². The molecule has 0 atom stereocenters. The topological polar surface area (TPSA) is 202 Å². The van der Waals surface area contributed by atoms with Crippen LogP contribution in [0.1, 0.15) is 41.4 Å². The van der Waals surface area contributed by atoms with Crippen LogP contribution in [0.4, 0.5) is 0 Å². The molecule has 0 spiro atoms. The van der Waals surface area contributed by atoms with E-state index in [9.17, 15) is 48.0 Å². The normalized spacial score (nSPS) is 10.9. The van der Waals surface area contributed by atoms with Crippen molar-refractivity contribution in [2.24, 2.45) is 0 Å². The maximum atomic E-state index is 13.9. The minimum Gasteiger partial charge on any atom is -0.478 e. The summed E-state index contributed by atoms with van der Waals surface area (Å²) in [5, 5.41) is 38.0. The van der Waals surface area contributed by atoms with Crippen LogP contribution in [0.3, 0.4) is 0 Å². The fraction of sp³-hybridized carbons (Fsp3) is 0. The number of ether oxygens (including phenoxy) is 2. The van der Waals surface area contributed by atoms with Gasteiger partial charge >= 0.3 is 23.9 Å². The Morgan fingerprint density at radius 2 is 0.805 bits per heavy atom. The van der Waals surface area contributed by atoms with E-state index in [1.807, 2.05) is 0 Å². The summed E-state index contributed by atoms with van der Waals surface area (Å²) in [4.78, 5) is 45.9. The molecule has 4 aromatic rings. The summed E-state index contributed by atoms with van der Waals surface area (Å²) >= 11 is 0. The third kappa shape index (κ3) is 5.55. The Labute approximate surface area is 231 Å². The van der Waals surface area contributed by atoms with E-state index in [0.29, 0.717) is 0 Å². The summed E-state index contributed by atoms with van der Waals surface area (Å²) in [6.07, 6.45) is 0. The fourth-order valence-electron chi connectivity index (χ4n) is 3.90. The smallest absolute Gasteiger partial charge is 0.340 e. The molecular weight excluding hydrogens is 560 g/mol. The SMILES string of the molecule is O=C(O)c1cccc(Oc2ccccc2S(=O)(=O)c2ccccc2Oc2cccc(C(=O)O)c2C(=O)O)c1C(=O)O. The van der Waals surface area contributed by atoms with Crippen LogP contribution in [0.15, 0.2) is 94.7 Å². The van der Waals surface area contributed by atoms with Crippen LogP contribution in [0.5, 0.6) is 23.0 Å². The van der Waals surface area contributed by atoms with Gasteiger partial charge < -0.3 is 29.9 Å². The van der Waals surface area contributed by atoms with Gasteiger partial charge in [0.05, 0.1) is 11.1 Å². The monoisotopic (exact) mass is 578 g/mol. The predicted octanol–water partition coefficient (Wildman–Crippen LogP) is 4.90. The van der Waals surface area contributed by atoms with Gasteiger partial charge in [-0.2, -0.15) is 0 Å². The molecule has 4 N–H and O–H groups in total. The number of carbonyl (C=O) groups is 4. The second-order valence-electron chi connectivity index (χ2n) is 8.18.